The van der Waals surface area contributed by atoms with Gasteiger partial charge in [-0.2, -0.15) is 0 Å². The van der Waals surface area contributed by atoms with Crippen LogP contribution in [0.25, 0.3) is 0 Å². The van der Waals surface area contributed by atoms with Crippen LogP contribution in [0.1, 0.15) is 39.5 Å². The molecule has 4 heteroatoms. The number of piperidine rings is 1. The molecule has 2 unspecified atom stereocenters. The van der Waals surface area contributed by atoms with E-state index in [4.69, 9.17) is 0 Å². The number of urea groups is 1. The van der Waals surface area contributed by atoms with Crippen LogP contribution < -0.4 is 16.0 Å². The highest BCUT2D eigenvalue weighted by molar-refractivity contribution is 5.74. The van der Waals surface area contributed by atoms with E-state index in [1.807, 2.05) is 13.8 Å². The normalized spacial score (nSPS) is 34.2. The summed E-state index contributed by atoms with van der Waals surface area (Å²) in [7, 11) is 0. The van der Waals surface area contributed by atoms with E-state index < -0.39 is 0 Å². The number of carbonyl (C=O) groups is 1. The van der Waals surface area contributed by atoms with Gasteiger partial charge in [-0.1, -0.05) is 0 Å². The highest BCUT2D eigenvalue weighted by atomic mass is 16.2. The first-order valence-electron chi connectivity index (χ1n) is 5.96. The summed E-state index contributed by atoms with van der Waals surface area (Å²) in [4.78, 5) is 11.5. The highest BCUT2D eigenvalue weighted by Crippen LogP contribution is 2.26. The first-order valence-corrected chi connectivity index (χ1v) is 5.96. The molecule has 2 atom stereocenters. The van der Waals surface area contributed by atoms with Gasteiger partial charge in [0.2, 0.25) is 0 Å². The standard InChI is InChI=1S/C11H21N3O/c1-7(2)12-11(15)14-10-5-8-3-4-9(6-10)13-8/h7-10,13H,3-6H2,1-2H3,(H2,12,14,15). The Morgan fingerprint density at radius 1 is 1.27 bits per heavy atom. The van der Waals surface area contributed by atoms with Crippen LogP contribution in [0.15, 0.2) is 0 Å². The summed E-state index contributed by atoms with van der Waals surface area (Å²) in [6, 6.07) is 1.82. The van der Waals surface area contributed by atoms with Crippen LogP contribution >= 0.6 is 0 Å². The number of hydrogen-bond donors (Lipinski definition) is 3. The quantitative estimate of drug-likeness (QED) is 0.637. The molecule has 4 nitrogen and oxygen atoms in total. The Hall–Kier alpha value is -0.770. The van der Waals surface area contributed by atoms with Gasteiger partial charge in [0.1, 0.15) is 0 Å². The average molecular weight is 211 g/mol. The van der Waals surface area contributed by atoms with Gasteiger partial charge in [-0.3, -0.25) is 0 Å². The zero-order valence-corrected chi connectivity index (χ0v) is 9.55. The van der Waals surface area contributed by atoms with Crippen molar-refractivity contribution in [2.75, 3.05) is 0 Å². The third kappa shape index (κ3) is 2.84. The zero-order chi connectivity index (χ0) is 10.8. The third-order valence-corrected chi connectivity index (χ3v) is 3.23. The summed E-state index contributed by atoms with van der Waals surface area (Å²) >= 11 is 0. The Labute approximate surface area is 91.2 Å². The molecular formula is C11H21N3O. The summed E-state index contributed by atoms with van der Waals surface area (Å²) in [6.45, 7) is 3.96. The van der Waals surface area contributed by atoms with E-state index in [0.717, 1.165) is 12.8 Å². The smallest absolute Gasteiger partial charge is 0.315 e. The second kappa shape index (κ2) is 4.39. The number of hydrogen-bond acceptors (Lipinski definition) is 2. The molecule has 15 heavy (non-hydrogen) atoms. The lowest BCUT2D eigenvalue weighted by molar-refractivity contribution is 0.227. The van der Waals surface area contributed by atoms with Crippen molar-refractivity contribution in [3.63, 3.8) is 0 Å². The van der Waals surface area contributed by atoms with Gasteiger partial charge in [-0.05, 0) is 39.5 Å². The Balaban J connectivity index is 1.78. The van der Waals surface area contributed by atoms with Crippen LogP contribution in [0.2, 0.25) is 0 Å². The lowest BCUT2D eigenvalue weighted by Gasteiger charge is -2.29. The van der Waals surface area contributed by atoms with Crippen LogP contribution in [-0.2, 0) is 0 Å². The Bertz CT molecular complexity index is 230. The SMILES string of the molecule is CC(C)NC(=O)NC1CC2CCC(C1)N2. The van der Waals surface area contributed by atoms with E-state index in [1.54, 1.807) is 0 Å². The number of nitrogens with one attached hydrogen (secondary N) is 3. The van der Waals surface area contributed by atoms with Gasteiger partial charge < -0.3 is 16.0 Å². The van der Waals surface area contributed by atoms with Gasteiger partial charge in [-0.25, -0.2) is 4.79 Å². The number of fused-ring (bicyclic) bond motifs is 2. The second-order valence-corrected chi connectivity index (χ2v) is 5.08. The Kier molecular flexibility index (Phi) is 3.14. The maximum atomic E-state index is 11.5. The molecule has 0 aromatic carbocycles. The minimum absolute atomic E-state index is 0.0173. The maximum absolute atomic E-state index is 11.5. The van der Waals surface area contributed by atoms with Gasteiger partial charge in [-0.15, -0.1) is 0 Å². The van der Waals surface area contributed by atoms with Gasteiger partial charge in [0.25, 0.3) is 0 Å². The molecule has 0 saturated carbocycles. The molecular weight excluding hydrogens is 190 g/mol. The molecule has 2 aliphatic heterocycles. The molecule has 0 aromatic heterocycles. The highest BCUT2D eigenvalue weighted by Gasteiger charge is 2.33. The van der Waals surface area contributed by atoms with Gasteiger partial charge in [0.15, 0.2) is 0 Å². The topological polar surface area (TPSA) is 53.2 Å². The van der Waals surface area contributed by atoms with Crippen LogP contribution in [0.3, 0.4) is 0 Å². The molecule has 0 spiro atoms. The van der Waals surface area contributed by atoms with Crippen molar-refractivity contribution < 1.29 is 4.79 Å². The molecule has 2 rings (SSSR count). The summed E-state index contributed by atoms with van der Waals surface area (Å²) in [5.41, 5.74) is 0. The fourth-order valence-corrected chi connectivity index (χ4v) is 2.66. The summed E-state index contributed by atoms with van der Waals surface area (Å²) in [5, 5.41) is 9.49. The number of carbonyl (C=O) groups excluding carboxylic acids is 1. The molecule has 2 saturated heterocycles. The van der Waals surface area contributed by atoms with Crippen molar-refractivity contribution in [1.82, 2.24) is 16.0 Å². The van der Waals surface area contributed by atoms with Crippen LogP contribution in [0.5, 0.6) is 0 Å². The van der Waals surface area contributed by atoms with Crippen LogP contribution in [0, 0.1) is 0 Å². The first-order chi connectivity index (χ1) is 7.13. The molecule has 0 aromatic rings. The summed E-state index contributed by atoms with van der Waals surface area (Å²) < 4.78 is 0. The maximum Gasteiger partial charge on any atom is 0.315 e. The Morgan fingerprint density at radius 2 is 1.87 bits per heavy atom. The summed E-state index contributed by atoms with van der Waals surface area (Å²) in [5.74, 6) is 0. The molecule has 2 fully saturated rings. The van der Waals surface area contributed by atoms with Gasteiger partial charge >= 0.3 is 6.03 Å². The molecule has 2 aliphatic rings. The van der Waals surface area contributed by atoms with E-state index in [9.17, 15) is 4.79 Å². The largest absolute Gasteiger partial charge is 0.336 e. The molecule has 0 radical (unpaired) electrons. The fourth-order valence-electron chi connectivity index (χ4n) is 2.66. The zero-order valence-electron chi connectivity index (χ0n) is 9.55. The van der Waals surface area contributed by atoms with E-state index in [-0.39, 0.29) is 12.1 Å². The van der Waals surface area contributed by atoms with E-state index >= 15 is 0 Å². The van der Waals surface area contributed by atoms with Crippen LogP contribution in [-0.4, -0.2) is 30.2 Å². The lowest BCUT2D eigenvalue weighted by Crippen LogP contribution is -2.51. The third-order valence-electron chi connectivity index (χ3n) is 3.23. The second-order valence-electron chi connectivity index (χ2n) is 5.08. The van der Waals surface area contributed by atoms with Gasteiger partial charge in [0, 0.05) is 24.2 Å². The fraction of sp³-hybridized carbons (Fsp3) is 0.909. The van der Waals surface area contributed by atoms with Gasteiger partial charge in [0.05, 0.1) is 0 Å². The average Bonchev–Trinajstić information content (AvgIpc) is 2.44. The van der Waals surface area contributed by atoms with Crippen molar-refractivity contribution in [3.05, 3.63) is 0 Å². The Morgan fingerprint density at radius 3 is 2.40 bits per heavy atom. The monoisotopic (exact) mass is 211 g/mol. The van der Waals surface area contributed by atoms with E-state index in [1.165, 1.54) is 12.8 Å². The molecule has 2 bridgehead atoms. The molecule has 2 heterocycles. The van der Waals surface area contributed by atoms with E-state index in [0.29, 0.717) is 18.1 Å². The minimum atomic E-state index is -0.0173. The molecule has 2 amide bonds. The van der Waals surface area contributed by atoms with Crippen LogP contribution in [0.4, 0.5) is 4.79 Å². The lowest BCUT2D eigenvalue weighted by atomic mass is 10.0. The predicted molar refractivity (Wildman–Crippen MR) is 59.8 cm³/mol. The number of rotatable bonds is 2. The van der Waals surface area contributed by atoms with Crippen molar-refractivity contribution in [1.29, 1.82) is 0 Å². The first kappa shape index (κ1) is 10.7. The molecule has 0 aliphatic carbocycles. The van der Waals surface area contributed by atoms with Crippen molar-refractivity contribution in [2.45, 2.75) is 63.7 Å². The molecule has 3 N–H and O–H groups in total. The predicted octanol–water partition coefficient (Wildman–Crippen LogP) is 0.977. The van der Waals surface area contributed by atoms with Crippen molar-refractivity contribution in [3.8, 4) is 0 Å². The van der Waals surface area contributed by atoms with E-state index in [2.05, 4.69) is 16.0 Å². The van der Waals surface area contributed by atoms with Crippen molar-refractivity contribution >= 4 is 6.03 Å². The number of amides is 2. The summed E-state index contributed by atoms with van der Waals surface area (Å²) in [6.07, 6.45) is 4.72. The minimum Gasteiger partial charge on any atom is -0.336 e. The van der Waals surface area contributed by atoms with Crippen molar-refractivity contribution in [2.24, 2.45) is 0 Å². The molecule has 86 valence electrons.